The molecule has 1 aliphatic heterocycles. The first-order valence-corrected chi connectivity index (χ1v) is 7.78. The predicted octanol–water partition coefficient (Wildman–Crippen LogP) is 5.22. The maximum Gasteiger partial charge on any atom is 0.130 e. The van der Waals surface area contributed by atoms with Gasteiger partial charge in [0.15, 0.2) is 0 Å². The molecule has 1 heterocycles. The lowest BCUT2D eigenvalue weighted by Crippen LogP contribution is -1.96. The van der Waals surface area contributed by atoms with Crippen molar-refractivity contribution in [2.75, 3.05) is 0 Å². The molecular weight excluding hydrogens is 345 g/mol. The highest BCUT2D eigenvalue weighted by molar-refractivity contribution is 9.10. The van der Waals surface area contributed by atoms with Gasteiger partial charge in [0.2, 0.25) is 0 Å². The van der Waals surface area contributed by atoms with Crippen molar-refractivity contribution in [2.45, 2.75) is 20.0 Å². The minimum Gasteiger partial charge on any atom is -0.488 e. The van der Waals surface area contributed by atoms with Gasteiger partial charge in [-0.1, -0.05) is 28.9 Å². The molecule has 0 amide bonds. The summed E-state index contributed by atoms with van der Waals surface area (Å²) in [5, 5.41) is 9.50. The van der Waals surface area contributed by atoms with Crippen LogP contribution < -0.4 is 4.74 Å². The minimum absolute atomic E-state index is 0.344. The van der Waals surface area contributed by atoms with Crippen LogP contribution in [0.1, 0.15) is 30.0 Å². The number of nitrogens with zero attached hydrogens (tertiary/aromatic N) is 1. The molecule has 0 N–H and O–H groups in total. The molecule has 4 heteroatoms. The number of halogens is 2. The van der Waals surface area contributed by atoms with Gasteiger partial charge in [0.1, 0.15) is 18.2 Å². The van der Waals surface area contributed by atoms with Gasteiger partial charge < -0.3 is 4.74 Å². The normalized spacial score (nSPS) is 15.0. The van der Waals surface area contributed by atoms with Gasteiger partial charge in [-0.15, -0.1) is 0 Å². The summed E-state index contributed by atoms with van der Waals surface area (Å²) < 4.78 is 20.3. The van der Waals surface area contributed by atoms with E-state index >= 15 is 0 Å². The van der Waals surface area contributed by atoms with E-state index in [1.165, 1.54) is 12.1 Å². The molecule has 0 fully saturated rings. The number of fused-ring (bicyclic) bond motifs is 2. The van der Waals surface area contributed by atoms with Gasteiger partial charge in [0.05, 0.1) is 6.07 Å². The maximum atomic E-state index is 13.5. The lowest BCUT2D eigenvalue weighted by Gasteiger charge is -2.12. The van der Waals surface area contributed by atoms with Crippen LogP contribution in [0.25, 0.3) is 5.57 Å². The van der Waals surface area contributed by atoms with Gasteiger partial charge in [-0.2, -0.15) is 5.26 Å². The Hall–Kier alpha value is -2.12. The Morgan fingerprint density at radius 3 is 2.77 bits per heavy atom. The zero-order chi connectivity index (χ0) is 15.7. The lowest BCUT2D eigenvalue weighted by atomic mass is 9.90. The highest BCUT2D eigenvalue weighted by Gasteiger charge is 2.22. The van der Waals surface area contributed by atoms with Crippen molar-refractivity contribution in [3.8, 4) is 11.8 Å². The second-order valence-electron chi connectivity index (χ2n) is 5.05. The zero-order valence-electron chi connectivity index (χ0n) is 12.0. The third-order valence-corrected chi connectivity index (χ3v) is 4.22. The highest BCUT2D eigenvalue weighted by atomic mass is 79.9. The topological polar surface area (TPSA) is 33.0 Å². The van der Waals surface area contributed by atoms with E-state index in [2.05, 4.69) is 22.0 Å². The Kier molecular flexibility index (Phi) is 4.00. The fourth-order valence-electron chi connectivity index (χ4n) is 2.69. The molecule has 0 aliphatic carbocycles. The fourth-order valence-corrected chi connectivity index (χ4v) is 3.09. The first-order valence-electron chi connectivity index (χ1n) is 6.98. The second kappa shape index (κ2) is 5.94. The summed E-state index contributed by atoms with van der Waals surface area (Å²) in [6.07, 6.45) is 0.609. The first kappa shape index (κ1) is 14.8. The number of hydrogen-bond acceptors (Lipinski definition) is 2. The summed E-state index contributed by atoms with van der Waals surface area (Å²) in [5.74, 6) is 0.128. The smallest absolute Gasteiger partial charge is 0.130 e. The summed E-state index contributed by atoms with van der Waals surface area (Å²) in [6, 6.07) is 12.6. The van der Waals surface area contributed by atoms with Crippen LogP contribution in [-0.4, -0.2) is 0 Å². The van der Waals surface area contributed by atoms with Gasteiger partial charge in [0, 0.05) is 27.2 Å². The minimum atomic E-state index is -0.347. The Morgan fingerprint density at radius 2 is 2.05 bits per heavy atom. The number of hydrogen-bond donors (Lipinski definition) is 0. The van der Waals surface area contributed by atoms with Crippen molar-refractivity contribution >= 4 is 21.5 Å². The van der Waals surface area contributed by atoms with E-state index in [4.69, 9.17) is 4.74 Å². The summed E-state index contributed by atoms with van der Waals surface area (Å²) in [6.45, 7) is 2.29. The van der Waals surface area contributed by atoms with E-state index in [1.807, 2.05) is 25.1 Å². The summed E-state index contributed by atoms with van der Waals surface area (Å²) in [5.41, 5.74) is 4.21. The molecule has 0 bridgehead atoms. The van der Waals surface area contributed by atoms with E-state index in [-0.39, 0.29) is 5.82 Å². The average molecular weight is 358 g/mol. The maximum absolute atomic E-state index is 13.5. The van der Waals surface area contributed by atoms with Crippen LogP contribution in [-0.2, 0) is 6.61 Å². The van der Waals surface area contributed by atoms with Crippen LogP contribution in [0.5, 0.6) is 5.75 Å². The third-order valence-electron chi connectivity index (χ3n) is 3.72. The molecule has 0 atom stereocenters. The van der Waals surface area contributed by atoms with Crippen LogP contribution in [0, 0.1) is 17.1 Å². The number of ether oxygens (including phenoxy) is 1. The molecule has 22 heavy (non-hydrogen) atoms. The largest absolute Gasteiger partial charge is 0.488 e. The van der Waals surface area contributed by atoms with Crippen molar-refractivity contribution in [3.05, 3.63) is 69.0 Å². The molecule has 0 saturated carbocycles. The van der Waals surface area contributed by atoms with E-state index in [1.54, 1.807) is 6.07 Å². The van der Waals surface area contributed by atoms with Gasteiger partial charge in [0.25, 0.3) is 0 Å². The van der Waals surface area contributed by atoms with Crippen molar-refractivity contribution in [1.82, 2.24) is 0 Å². The third kappa shape index (κ3) is 2.53. The average Bonchev–Trinajstić information content (AvgIpc) is 2.66. The monoisotopic (exact) mass is 357 g/mol. The SMILES string of the molecule is CC/C(C#N)=C1\c2ccc(Br)cc2COc2cc(F)ccc21. The van der Waals surface area contributed by atoms with Crippen LogP contribution >= 0.6 is 15.9 Å². The fraction of sp³-hybridized carbons (Fsp3) is 0.167. The molecule has 0 aromatic heterocycles. The molecular formula is C18H13BrFNO. The summed E-state index contributed by atoms with van der Waals surface area (Å²) in [4.78, 5) is 0. The summed E-state index contributed by atoms with van der Waals surface area (Å²) >= 11 is 3.46. The number of rotatable bonds is 1. The lowest BCUT2D eigenvalue weighted by molar-refractivity contribution is 0.305. The van der Waals surface area contributed by atoms with Gasteiger partial charge in [-0.3, -0.25) is 0 Å². The summed E-state index contributed by atoms with van der Waals surface area (Å²) in [7, 11) is 0. The van der Waals surface area contributed by atoms with Gasteiger partial charge in [-0.25, -0.2) is 4.39 Å². The van der Waals surface area contributed by atoms with Crippen LogP contribution in [0.15, 0.2) is 46.4 Å². The Morgan fingerprint density at radius 1 is 1.27 bits per heavy atom. The molecule has 0 spiro atoms. The molecule has 3 rings (SSSR count). The van der Waals surface area contributed by atoms with Gasteiger partial charge >= 0.3 is 0 Å². The van der Waals surface area contributed by atoms with E-state index in [0.29, 0.717) is 24.4 Å². The highest BCUT2D eigenvalue weighted by Crippen LogP contribution is 2.40. The van der Waals surface area contributed by atoms with Crippen molar-refractivity contribution in [1.29, 1.82) is 5.26 Å². The quantitative estimate of drug-likeness (QED) is 0.655. The van der Waals surface area contributed by atoms with Crippen LogP contribution in [0.4, 0.5) is 4.39 Å². The second-order valence-corrected chi connectivity index (χ2v) is 5.97. The molecule has 0 saturated heterocycles. The van der Waals surface area contributed by atoms with Crippen molar-refractivity contribution in [3.63, 3.8) is 0 Å². The zero-order valence-corrected chi connectivity index (χ0v) is 13.6. The molecule has 0 unspecified atom stereocenters. The molecule has 2 aromatic rings. The van der Waals surface area contributed by atoms with E-state index in [0.717, 1.165) is 26.7 Å². The van der Waals surface area contributed by atoms with E-state index < -0.39 is 0 Å². The molecule has 110 valence electrons. The van der Waals surface area contributed by atoms with E-state index in [9.17, 15) is 9.65 Å². The molecule has 1 aliphatic rings. The molecule has 0 radical (unpaired) electrons. The Balaban J connectivity index is 2.36. The molecule has 2 nitrogen and oxygen atoms in total. The van der Waals surface area contributed by atoms with Crippen LogP contribution in [0.3, 0.4) is 0 Å². The standard InChI is InChI=1S/C18H13BrFNO/c1-2-11(9-21)18-15-5-3-13(19)7-12(15)10-22-17-8-14(20)4-6-16(17)18/h3-8H,2,10H2,1H3/b18-11-. The van der Waals surface area contributed by atoms with Crippen molar-refractivity contribution < 1.29 is 9.13 Å². The Labute approximate surface area is 137 Å². The number of benzene rings is 2. The number of nitriles is 1. The van der Waals surface area contributed by atoms with Crippen LogP contribution in [0.2, 0.25) is 0 Å². The number of allylic oxidation sites excluding steroid dienone is 1. The Bertz CT molecular complexity index is 765. The molecule has 2 aromatic carbocycles. The van der Waals surface area contributed by atoms with Gasteiger partial charge in [-0.05, 0) is 41.8 Å². The first-order chi connectivity index (χ1) is 10.6. The predicted molar refractivity (Wildman–Crippen MR) is 86.8 cm³/mol. The van der Waals surface area contributed by atoms with Crippen molar-refractivity contribution in [2.24, 2.45) is 0 Å².